The van der Waals surface area contributed by atoms with Crippen molar-refractivity contribution in [3.05, 3.63) is 57.2 Å². The number of pyridine rings is 2. The number of anilines is 2. The minimum absolute atomic E-state index is 0.0420. The van der Waals surface area contributed by atoms with Crippen LogP contribution < -0.4 is 20.5 Å². The summed E-state index contributed by atoms with van der Waals surface area (Å²) in [6, 6.07) is 7.93. The number of hydrogen-bond acceptors (Lipinski definition) is 6. The van der Waals surface area contributed by atoms with E-state index in [0.717, 1.165) is 6.07 Å². The second-order valence-electron chi connectivity index (χ2n) is 8.35. The number of ether oxygens (including phenoxy) is 1. The van der Waals surface area contributed by atoms with E-state index in [9.17, 15) is 27.6 Å². The lowest BCUT2D eigenvalue weighted by molar-refractivity contribution is -0.274. The van der Waals surface area contributed by atoms with Gasteiger partial charge in [0.2, 0.25) is 0 Å². The Hall–Kier alpha value is -3.52. The maximum Gasteiger partial charge on any atom is 0.573 e. The Bertz CT molecular complexity index is 1390. The standard InChI is InChI=1S/C23H20ClF4N5O2/c1-12-11-33(21-14(10-29)22(34)32(2)18-5-6-19(24)31-20(18)21)8-7-16(12)30-17-4-3-13(9-15(17)25)35-23(26,27)28/h3-6,9,12,16,30H,7-8,11H2,1-2H3/t12-,16+/m0/s1. The van der Waals surface area contributed by atoms with Crippen LogP contribution in [0.15, 0.2) is 35.1 Å². The van der Waals surface area contributed by atoms with Crippen molar-refractivity contribution in [3.8, 4) is 11.8 Å². The first kappa shape index (κ1) is 24.6. The summed E-state index contributed by atoms with van der Waals surface area (Å²) in [5.74, 6) is -1.60. The molecule has 1 aliphatic heterocycles. The molecule has 0 radical (unpaired) electrons. The molecule has 35 heavy (non-hydrogen) atoms. The quantitative estimate of drug-likeness (QED) is 0.401. The molecule has 2 aromatic heterocycles. The summed E-state index contributed by atoms with van der Waals surface area (Å²) in [5.41, 5.74) is 0.925. The lowest BCUT2D eigenvalue weighted by Gasteiger charge is -2.39. The first-order valence-electron chi connectivity index (χ1n) is 10.6. The molecule has 0 spiro atoms. The van der Waals surface area contributed by atoms with Crippen LogP contribution in [0.3, 0.4) is 0 Å². The number of piperidine rings is 1. The first-order valence-corrected chi connectivity index (χ1v) is 11.0. The summed E-state index contributed by atoms with van der Waals surface area (Å²) < 4.78 is 56.7. The van der Waals surface area contributed by atoms with Crippen molar-refractivity contribution in [2.45, 2.75) is 25.7 Å². The molecule has 1 aromatic carbocycles. The van der Waals surface area contributed by atoms with Gasteiger partial charge in [-0.25, -0.2) is 9.37 Å². The van der Waals surface area contributed by atoms with Crippen molar-refractivity contribution in [3.63, 3.8) is 0 Å². The van der Waals surface area contributed by atoms with Crippen molar-refractivity contribution in [2.24, 2.45) is 13.0 Å². The molecule has 3 heterocycles. The Morgan fingerprint density at radius 1 is 1.29 bits per heavy atom. The number of aromatic nitrogens is 2. The zero-order valence-corrected chi connectivity index (χ0v) is 19.4. The van der Waals surface area contributed by atoms with E-state index in [2.05, 4.69) is 15.0 Å². The molecular formula is C23H20ClF4N5O2. The summed E-state index contributed by atoms with van der Waals surface area (Å²) in [7, 11) is 1.56. The molecule has 0 amide bonds. The van der Waals surface area contributed by atoms with Crippen molar-refractivity contribution >= 4 is 34.0 Å². The fourth-order valence-electron chi connectivity index (χ4n) is 4.35. The number of nitriles is 1. The molecule has 184 valence electrons. The molecule has 2 atom stereocenters. The van der Waals surface area contributed by atoms with Crippen LogP contribution in [0, 0.1) is 23.1 Å². The molecule has 0 unspecified atom stereocenters. The van der Waals surface area contributed by atoms with Crippen LogP contribution >= 0.6 is 11.6 Å². The van der Waals surface area contributed by atoms with E-state index in [1.54, 1.807) is 19.2 Å². The smallest absolute Gasteiger partial charge is 0.406 e. The van der Waals surface area contributed by atoms with Crippen LogP contribution in [-0.4, -0.2) is 35.0 Å². The number of nitrogens with one attached hydrogen (secondary N) is 1. The van der Waals surface area contributed by atoms with Gasteiger partial charge in [0.05, 0.1) is 16.9 Å². The van der Waals surface area contributed by atoms with E-state index in [4.69, 9.17) is 11.6 Å². The molecular weight excluding hydrogens is 490 g/mol. The largest absolute Gasteiger partial charge is 0.573 e. The number of nitrogens with zero attached hydrogens (tertiary/aromatic N) is 4. The lowest BCUT2D eigenvalue weighted by Crippen LogP contribution is -2.46. The number of rotatable bonds is 4. The van der Waals surface area contributed by atoms with Crippen molar-refractivity contribution in [1.29, 1.82) is 5.26 Å². The molecule has 7 nitrogen and oxygen atoms in total. The van der Waals surface area contributed by atoms with Crippen molar-refractivity contribution in [1.82, 2.24) is 9.55 Å². The van der Waals surface area contributed by atoms with Gasteiger partial charge in [0.15, 0.2) is 0 Å². The SMILES string of the molecule is C[C@H]1CN(c2c(C#N)c(=O)n(C)c3ccc(Cl)nc23)CC[C@H]1Nc1ccc(OC(F)(F)F)cc1F. The maximum atomic E-state index is 14.4. The molecule has 1 aliphatic rings. The number of benzene rings is 1. The third kappa shape index (κ3) is 4.98. The maximum absolute atomic E-state index is 14.4. The number of aryl methyl sites for hydroxylation is 1. The second kappa shape index (κ2) is 9.26. The van der Waals surface area contributed by atoms with Gasteiger partial charge in [-0.15, -0.1) is 13.2 Å². The Labute approximate surface area is 202 Å². The molecule has 1 fully saturated rings. The minimum atomic E-state index is -4.91. The van der Waals surface area contributed by atoms with Crippen LogP contribution in [0.4, 0.5) is 28.9 Å². The van der Waals surface area contributed by atoms with Gasteiger partial charge in [0, 0.05) is 32.2 Å². The average Bonchev–Trinajstić information content (AvgIpc) is 2.78. The fraction of sp³-hybridized carbons (Fsp3) is 0.348. The van der Waals surface area contributed by atoms with Gasteiger partial charge in [-0.2, -0.15) is 5.26 Å². The van der Waals surface area contributed by atoms with E-state index in [1.807, 2.05) is 17.9 Å². The number of fused-ring (bicyclic) bond motifs is 1. The minimum Gasteiger partial charge on any atom is -0.406 e. The normalized spacial score (nSPS) is 18.4. The zero-order chi connectivity index (χ0) is 25.5. The zero-order valence-electron chi connectivity index (χ0n) is 18.7. The van der Waals surface area contributed by atoms with Crippen LogP contribution in [0.2, 0.25) is 5.15 Å². The topological polar surface area (TPSA) is 83.2 Å². The van der Waals surface area contributed by atoms with Crippen molar-refractivity contribution < 1.29 is 22.3 Å². The second-order valence-corrected chi connectivity index (χ2v) is 8.74. The van der Waals surface area contributed by atoms with E-state index < -0.39 is 23.5 Å². The summed E-state index contributed by atoms with van der Waals surface area (Å²) >= 11 is 6.10. The number of halogens is 5. The molecule has 1 saturated heterocycles. The van der Waals surface area contributed by atoms with E-state index in [-0.39, 0.29) is 28.4 Å². The van der Waals surface area contributed by atoms with Gasteiger partial charge >= 0.3 is 6.36 Å². The third-order valence-corrected chi connectivity index (χ3v) is 6.24. The third-order valence-electron chi connectivity index (χ3n) is 6.03. The molecule has 0 bridgehead atoms. The number of alkyl halides is 3. The molecule has 0 saturated carbocycles. The lowest BCUT2D eigenvalue weighted by atomic mass is 9.92. The Morgan fingerprint density at radius 2 is 2.03 bits per heavy atom. The summed E-state index contributed by atoms with van der Waals surface area (Å²) in [5, 5.41) is 13.0. The molecule has 12 heteroatoms. The van der Waals surface area contributed by atoms with Gasteiger partial charge in [0.25, 0.3) is 5.56 Å². The molecule has 1 N–H and O–H groups in total. The van der Waals surface area contributed by atoms with E-state index >= 15 is 0 Å². The average molecular weight is 510 g/mol. The highest BCUT2D eigenvalue weighted by molar-refractivity contribution is 6.29. The monoisotopic (exact) mass is 509 g/mol. The van der Waals surface area contributed by atoms with Gasteiger partial charge in [-0.05, 0) is 36.6 Å². The van der Waals surface area contributed by atoms with Gasteiger partial charge in [-0.3, -0.25) is 4.79 Å². The van der Waals surface area contributed by atoms with Gasteiger partial charge in [0.1, 0.15) is 33.9 Å². The van der Waals surface area contributed by atoms with E-state index in [1.165, 1.54) is 10.6 Å². The Morgan fingerprint density at radius 3 is 2.66 bits per heavy atom. The molecule has 3 aromatic rings. The van der Waals surface area contributed by atoms with Crippen molar-refractivity contribution in [2.75, 3.05) is 23.3 Å². The van der Waals surface area contributed by atoms with Crippen LogP contribution in [0.5, 0.6) is 5.75 Å². The Kier molecular flexibility index (Phi) is 6.51. The fourth-order valence-corrected chi connectivity index (χ4v) is 4.50. The highest BCUT2D eigenvalue weighted by Gasteiger charge is 2.32. The highest BCUT2D eigenvalue weighted by atomic mass is 35.5. The van der Waals surface area contributed by atoms with Crippen LogP contribution in [0.25, 0.3) is 11.0 Å². The van der Waals surface area contributed by atoms with Crippen LogP contribution in [-0.2, 0) is 7.05 Å². The van der Waals surface area contributed by atoms with Gasteiger partial charge in [-0.1, -0.05) is 18.5 Å². The van der Waals surface area contributed by atoms with E-state index in [0.29, 0.717) is 42.3 Å². The predicted molar refractivity (Wildman–Crippen MR) is 123 cm³/mol. The summed E-state index contributed by atoms with van der Waals surface area (Å²) in [6.07, 6.45) is -4.41. The Balaban J connectivity index is 1.59. The molecule has 0 aliphatic carbocycles. The van der Waals surface area contributed by atoms with Crippen LogP contribution in [0.1, 0.15) is 18.9 Å². The number of hydrogen-bond donors (Lipinski definition) is 1. The summed E-state index contributed by atoms with van der Waals surface area (Å²) in [4.78, 5) is 19.1. The molecule has 4 rings (SSSR count). The van der Waals surface area contributed by atoms with Gasteiger partial charge < -0.3 is 19.5 Å². The predicted octanol–water partition coefficient (Wildman–Crippen LogP) is 4.82. The summed E-state index contributed by atoms with van der Waals surface area (Å²) in [6.45, 7) is 2.75. The first-order chi connectivity index (χ1) is 16.5. The highest BCUT2D eigenvalue weighted by Crippen LogP contribution is 2.33.